The Balaban J connectivity index is 1.39. The number of hydrogen-bond donors (Lipinski definition) is 2. The maximum Gasteiger partial charge on any atom is 0.245 e. The van der Waals surface area contributed by atoms with Gasteiger partial charge in [0, 0.05) is 11.3 Å². The molecule has 4 aromatic rings. The first kappa shape index (κ1) is 17.0. The van der Waals surface area contributed by atoms with E-state index in [-0.39, 0.29) is 0 Å². The van der Waals surface area contributed by atoms with Gasteiger partial charge >= 0.3 is 0 Å². The minimum Gasteiger partial charge on any atom is -0.323 e. The first-order valence-electron chi connectivity index (χ1n) is 9.85. The first-order chi connectivity index (χ1) is 13.9. The number of benzene rings is 2. The Bertz CT molecular complexity index is 1060. The predicted molar refractivity (Wildman–Crippen MR) is 113 cm³/mol. The maximum absolute atomic E-state index is 4.71. The second kappa shape index (κ2) is 7.44. The van der Waals surface area contributed by atoms with Crippen LogP contribution in [0.15, 0.2) is 72.9 Å². The lowest BCUT2D eigenvalue weighted by molar-refractivity contribution is 0.460. The Morgan fingerprint density at radius 1 is 0.893 bits per heavy atom. The normalized spacial score (nSPS) is 15.0. The molecule has 0 bridgehead atoms. The van der Waals surface area contributed by atoms with Crippen LogP contribution in [0.3, 0.4) is 0 Å². The average molecular weight is 369 g/mol. The summed E-state index contributed by atoms with van der Waals surface area (Å²) in [5.74, 6) is 1.26. The lowest BCUT2D eigenvalue weighted by atomic mass is 9.90. The average Bonchev–Trinajstić information content (AvgIpc) is 3.19. The fraction of sp³-hybridized carbons (Fsp3) is 0.217. The highest BCUT2D eigenvalue weighted by atomic mass is 15.3. The van der Waals surface area contributed by atoms with Gasteiger partial charge in [-0.05, 0) is 61.7 Å². The smallest absolute Gasteiger partial charge is 0.245 e. The van der Waals surface area contributed by atoms with E-state index in [1.165, 1.54) is 18.4 Å². The van der Waals surface area contributed by atoms with Crippen LogP contribution in [-0.4, -0.2) is 27.7 Å². The fourth-order valence-corrected chi connectivity index (χ4v) is 3.91. The fourth-order valence-electron chi connectivity index (χ4n) is 3.91. The highest BCUT2D eigenvalue weighted by Crippen LogP contribution is 2.27. The summed E-state index contributed by atoms with van der Waals surface area (Å²) >= 11 is 0. The molecule has 2 aromatic carbocycles. The molecule has 5 heteroatoms. The number of fused-ring (bicyclic) bond motifs is 1. The highest BCUT2D eigenvalue weighted by Gasteiger charge is 2.15. The van der Waals surface area contributed by atoms with Gasteiger partial charge in [0.2, 0.25) is 5.95 Å². The van der Waals surface area contributed by atoms with Crippen molar-refractivity contribution in [1.82, 2.24) is 19.9 Å². The highest BCUT2D eigenvalue weighted by molar-refractivity contribution is 5.66. The Labute approximate surface area is 164 Å². The minimum atomic E-state index is 0.593. The molecule has 0 unspecified atom stereocenters. The topological polar surface area (TPSA) is 54.2 Å². The number of anilines is 2. The molecule has 5 rings (SSSR count). The van der Waals surface area contributed by atoms with E-state index in [9.17, 15) is 0 Å². The van der Waals surface area contributed by atoms with Gasteiger partial charge in [-0.15, -0.1) is 5.10 Å². The maximum atomic E-state index is 4.71. The number of rotatable bonds is 4. The van der Waals surface area contributed by atoms with Gasteiger partial charge in [-0.3, -0.25) is 0 Å². The zero-order valence-electron chi connectivity index (χ0n) is 15.7. The Morgan fingerprint density at radius 2 is 1.68 bits per heavy atom. The Kier molecular flexibility index (Phi) is 4.51. The van der Waals surface area contributed by atoms with Crippen molar-refractivity contribution in [2.24, 2.45) is 0 Å². The molecule has 140 valence electrons. The standard InChI is InChI=1S/C23H23N5/c1-2-4-19(5-3-1)22-11-10-21-16-25-23(27-28(21)22)26-20-8-6-17(7-9-20)18-12-14-24-15-13-18/h1-11,16,18,24H,12-15H2,(H,26,27). The van der Waals surface area contributed by atoms with Crippen LogP contribution in [-0.2, 0) is 0 Å². The van der Waals surface area contributed by atoms with Crippen molar-refractivity contribution in [2.75, 3.05) is 18.4 Å². The van der Waals surface area contributed by atoms with E-state index in [0.29, 0.717) is 11.9 Å². The van der Waals surface area contributed by atoms with Crippen LogP contribution in [0.4, 0.5) is 11.6 Å². The Hall–Kier alpha value is -3.18. The number of nitrogens with zero attached hydrogens (tertiary/aromatic N) is 3. The van der Waals surface area contributed by atoms with Crippen molar-refractivity contribution in [1.29, 1.82) is 0 Å². The zero-order valence-corrected chi connectivity index (χ0v) is 15.7. The van der Waals surface area contributed by atoms with E-state index in [0.717, 1.165) is 35.6 Å². The summed E-state index contributed by atoms with van der Waals surface area (Å²) in [5.41, 5.74) is 5.59. The van der Waals surface area contributed by atoms with Gasteiger partial charge in [0.05, 0.1) is 17.4 Å². The summed E-state index contributed by atoms with van der Waals surface area (Å²) in [6, 6.07) is 23.1. The quantitative estimate of drug-likeness (QED) is 0.552. The van der Waals surface area contributed by atoms with Crippen LogP contribution in [0, 0.1) is 0 Å². The van der Waals surface area contributed by atoms with Crippen LogP contribution in [0.2, 0.25) is 0 Å². The molecule has 3 heterocycles. The second-order valence-electron chi connectivity index (χ2n) is 7.27. The molecule has 28 heavy (non-hydrogen) atoms. The summed E-state index contributed by atoms with van der Waals surface area (Å²) in [6.07, 6.45) is 4.27. The summed E-state index contributed by atoms with van der Waals surface area (Å²) in [7, 11) is 0. The molecule has 0 saturated carbocycles. The molecule has 1 aliphatic rings. The van der Waals surface area contributed by atoms with Crippen molar-refractivity contribution < 1.29 is 0 Å². The molecule has 1 saturated heterocycles. The van der Waals surface area contributed by atoms with Crippen LogP contribution < -0.4 is 10.6 Å². The van der Waals surface area contributed by atoms with Crippen LogP contribution in [0.25, 0.3) is 16.8 Å². The first-order valence-corrected chi connectivity index (χ1v) is 9.85. The molecule has 5 nitrogen and oxygen atoms in total. The van der Waals surface area contributed by atoms with Crippen molar-refractivity contribution in [2.45, 2.75) is 18.8 Å². The summed E-state index contributed by atoms with van der Waals surface area (Å²) < 4.78 is 1.94. The van der Waals surface area contributed by atoms with Gasteiger partial charge < -0.3 is 10.6 Å². The summed E-state index contributed by atoms with van der Waals surface area (Å²) in [6.45, 7) is 2.22. The molecular formula is C23H23N5. The van der Waals surface area contributed by atoms with Gasteiger partial charge in [-0.2, -0.15) is 0 Å². The van der Waals surface area contributed by atoms with E-state index in [2.05, 4.69) is 58.1 Å². The summed E-state index contributed by atoms with van der Waals surface area (Å²) in [4.78, 5) is 4.47. The minimum absolute atomic E-state index is 0.593. The number of hydrogen-bond acceptors (Lipinski definition) is 4. The molecular weight excluding hydrogens is 346 g/mol. The van der Waals surface area contributed by atoms with Gasteiger partial charge in [0.25, 0.3) is 0 Å². The predicted octanol–water partition coefficient (Wildman–Crippen LogP) is 4.61. The van der Waals surface area contributed by atoms with Crippen molar-refractivity contribution in [3.63, 3.8) is 0 Å². The molecule has 0 radical (unpaired) electrons. The number of aromatic nitrogens is 3. The van der Waals surface area contributed by atoms with E-state index in [4.69, 9.17) is 5.10 Å². The van der Waals surface area contributed by atoms with Gasteiger partial charge in [0.1, 0.15) is 0 Å². The SMILES string of the molecule is c1ccc(-c2ccc3cnc(Nc4ccc(C5CCNCC5)cc4)nn23)cc1. The molecule has 1 fully saturated rings. The molecule has 2 N–H and O–H groups in total. The van der Waals surface area contributed by atoms with Gasteiger partial charge in [-0.25, -0.2) is 9.50 Å². The Morgan fingerprint density at radius 3 is 2.46 bits per heavy atom. The van der Waals surface area contributed by atoms with E-state index in [1.807, 2.05) is 35.0 Å². The number of piperidine rings is 1. The number of nitrogens with one attached hydrogen (secondary N) is 2. The second-order valence-corrected chi connectivity index (χ2v) is 7.27. The summed E-state index contributed by atoms with van der Waals surface area (Å²) in [5, 5.41) is 11.5. The lowest BCUT2D eigenvalue weighted by Gasteiger charge is -2.23. The van der Waals surface area contributed by atoms with Crippen LogP contribution in [0.1, 0.15) is 24.3 Å². The molecule has 0 amide bonds. The zero-order chi connectivity index (χ0) is 18.8. The van der Waals surface area contributed by atoms with Crippen LogP contribution in [0.5, 0.6) is 0 Å². The third-order valence-electron chi connectivity index (χ3n) is 5.45. The van der Waals surface area contributed by atoms with E-state index in [1.54, 1.807) is 0 Å². The van der Waals surface area contributed by atoms with Crippen molar-refractivity contribution in [3.8, 4) is 11.3 Å². The van der Waals surface area contributed by atoms with Gasteiger partial charge in [-0.1, -0.05) is 42.5 Å². The van der Waals surface area contributed by atoms with Crippen molar-refractivity contribution >= 4 is 17.2 Å². The molecule has 2 aromatic heterocycles. The van der Waals surface area contributed by atoms with E-state index < -0.39 is 0 Å². The molecule has 0 atom stereocenters. The largest absolute Gasteiger partial charge is 0.323 e. The van der Waals surface area contributed by atoms with E-state index >= 15 is 0 Å². The molecule has 0 spiro atoms. The molecule has 0 aliphatic carbocycles. The third kappa shape index (κ3) is 3.37. The lowest BCUT2D eigenvalue weighted by Crippen LogP contribution is -2.26. The van der Waals surface area contributed by atoms with Gasteiger partial charge in [0.15, 0.2) is 0 Å². The monoisotopic (exact) mass is 369 g/mol. The van der Waals surface area contributed by atoms with Crippen LogP contribution >= 0.6 is 0 Å². The van der Waals surface area contributed by atoms with Crippen molar-refractivity contribution in [3.05, 3.63) is 78.5 Å². The third-order valence-corrected chi connectivity index (χ3v) is 5.45. The molecule has 1 aliphatic heterocycles.